The highest BCUT2D eigenvalue weighted by atomic mass is 16.6. The van der Waals surface area contributed by atoms with Gasteiger partial charge in [0.2, 0.25) is 0 Å². The molecule has 1 saturated heterocycles. The van der Waals surface area contributed by atoms with Crippen LogP contribution < -0.4 is 5.32 Å². The maximum Gasteiger partial charge on any atom is 0.409 e. The number of esters is 1. The van der Waals surface area contributed by atoms with E-state index < -0.39 is 5.97 Å². The number of rotatable bonds is 6. The summed E-state index contributed by atoms with van der Waals surface area (Å²) < 4.78 is 15.1. The average Bonchev–Trinajstić information content (AvgIpc) is 3.10. The third-order valence-electron chi connectivity index (χ3n) is 4.51. The Kier molecular flexibility index (Phi) is 6.46. The number of piperidine rings is 1. The zero-order valence-corrected chi connectivity index (χ0v) is 15.7. The highest BCUT2D eigenvalue weighted by Crippen LogP contribution is 2.18. The maximum absolute atomic E-state index is 12.0. The fourth-order valence-corrected chi connectivity index (χ4v) is 3.09. The molecule has 1 aromatic heterocycles. The van der Waals surface area contributed by atoms with Crippen LogP contribution >= 0.6 is 0 Å². The van der Waals surface area contributed by atoms with Gasteiger partial charge in [-0.05, 0) is 31.9 Å². The topological polar surface area (TPSA) is 111 Å². The number of carbonyl (C=O) groups is 3. The molecule has 28 heavy (non-hydrogen) atoms. The molecule has 0 atom stereocenters. The van der Waals surface area contributed by atoms with Crippen molar-refractivity contribution in [3.8, 4) is 0 Å². The van der Waals surface area contributed by atoms with Crippen molar-refractivity contribution in [3.05, 3.63) is 30.0 Å². The highest BCUT2D eigenvalue weighted by Gasteiger charge is 2.24. The second-order valence-electron chi connectivity index (χ2n) is 6.49. The second-order valence-corrected chi connectivity index (χ2v) is 6.49. The van der Waals surface area contributed by atoms with E-state index in [-0.39, 0.29) is 31.1 Å². The van der Waals surface area contributed by atoms with Crippen LogP contribution in [0, 0.1) is 0 Å². The molecule has 0 radical (unpaired) electrons. The van der Waals surface area contributed by atoms with Gasteiger partial charge in [-0.15, -0.1) is 0 Å². The van der Waals surface area contributed by atoms with Crippen LogP contribution in [0.5, 0.6) is 0 Å². The first-order valence-electron chi connectivity index (χ1n) is 9.26. The fraction of sp³-hybridized carbons (Fsp3) is 0.474. The lowest BCUT2D eigenvalue weighted by Crippen LogP contribution is -2.47. The molecule has 0 aliphatic carbocycles. The molecule has 1 aromatic carbocycles. The van der Waals surface area contributed by atoms with Gasteiger partial charge in [-0.3, -0.25) is 9.59 Å². The van der Waals surface area contributed by atoms with Crippen molar-refractivity contribution in [1.82, 2.24) is 15.4 Å². The lowest BCUT2D eigenvalue weighted by molar-refractivity contribution is -0.148. The molecule has 2 amide bonds. The molecule has 1 aliphatic heterocycles. The summed E-state index contributed by atoms with van der Waals surface area (Å²) >= 11 is 0. The van der Waals surface area contributed by atoms with Crippen LogP contribution in [0.15, 0.2) is 28.8 Å². The summed E-state index contributed by atoms with van der Waals surface area (Å²) in [5.41, 5.74) is 1.07. The van der Waals surface area contributed by atoms with E-state index in [0.717, 1.165) is 5.39 Å². The van der Waals surface area contributed by atoms with Gasteiger partial charge in [0.25, 0.3) is 5.91 Å². The number of hydrogen-bond donors (Lipinski definition) is 1. The quantitative estimate of drug-likeness (QED) is 0.748. The number of hydrogen-bond acceptors (Lipinski definition) is 7. The van der Waals surface area contributed by atoms with Crippen molar-refractivity contribution in [3.63, 3.8) is 0 Å². The minimum atomic E-state index is -0.550. The maximum atomic E-state index is 12.0. The number of para-hydroxylation sites is 1. The van der Waals surface area contributed by atoms with E-state index in [9.17, 15) is 14.4 Å². The van der Waals surface area contributed by atoms with E-state index >= 15 is 0 Å². The molecule has 1 aliphatic rings. The molecule has 2 aromatic rings. The van der Waals surface area contributed by atoms with Crippen LogP contribution in [0.1, 0.15) is 25.5 Å². The van der Waals surface area contributed by atoms with Crippen molar-refractivity contribution in [2.24, 2.45) is 0 Å². The lowest BCUT2D eigenvalue weighted by atomic mass is 10.1. The number of carbonyl (C=O) groups excluding carboxylic acids is 3. The van der Waals surface area contributed by atoms with E-state index in [1.807, 2.05) is 18.2 Å². The van der Waals surface area contributed by atoms with Gasteiger partial charge < -0.3 is 24.2 Å². The van der Waals surface area contributed by atoms with Gasteiger partial charge in [-0.1, -0.05) is 17.3 Å². The van der Waals surface area contributed by atoms with Crippen molar-refractivity contribution in [1.29, 1.82) is 0 Å². The first-order chi connectivity index (χ1) is 13.6. The lowest BCUT2D eigenvalue weighted by Gasteiger charge is -2.31. The van der Waals surface area contributed by atoms with Gasteiger partial charge >= 0.3 is 12.1 Å². The minimum Gasteiger partial charge on any atom is -0.455 e. The van der Waals surface area contributed by atoms with E-state index in [0.29, 0.717) is 43.8 Å². The van der Waals surface area contributed by atoms with E-state index in [1.54, 1.807) is 17.9 Å². The van der Waals surface area contributed by atoms with Crippen molar-refractivity contribution < 1.29 is 28.4 Å². The number of amides is 2. The molecule has 9 heteroatoms. The predicted octanol–water partition coefficient (Wildman–Crippen LogP) is 1.65. The minimum absolute atomic E-state index is 0.0589. The van der Waals surface area contributed by atoms with Gasteiger partial charge in [0.1, 0.15) is 5.69 Å². The second kappa shape index (κ2) is 9.20. The molecule has 1 N–H and O–H groups in total. The van der Waals surface area contributed by atoms with Gasteiger partial charge in [0, 0.05) is 24.5 Å². The number of nitrogens with one attached hydrogen (secondary N) is 1. The molecular formula is C19H23N3O6. The van der Waals surface area contributed by atoms with Crippen LogP contribution in [-0.2, 0) is 25.5 Å². The smallest absolute Gasteiger partial charge is 0.409 e. The molecular weight excluding hydrogens is 366 g/mol. The Morgan fingerprint density at radius 1 is 1.21 bits per heavy atom. The number of benzene rings is 1. The zero-order chi connectivity index (χ0) is 19.9. The van der Waals surface area contributed by atoms with Crippen LogP contribution in [-0.4, -0.2) is 60.4 Å². The van der Waals surface area contributed by atoms with Crippen molar-refractivity contribution in [2.45, 2.75) is 32.2 Å². The Hall–Kier alpha value is -3.10. The number of ether oxygens (including phenoxy) is 2. The van der Waals surface area contributed by atoms with E-state index in [1.165, 1.54) is 0 Å². The summed E-state index contributed by atoms with van der Waals surface area (Å²) in [4.78, 5) is 37.3. The number of aromatic nitrogens is 1. The molecule has 1 fully saturated rings. The highest BCUT2D eigenvalue weighted by molar-refractivity contribution is 5.85. The molecule has 0 spiro atoms. The summed E-state index contributed by atoms with van der Waals surface area (Å²) in [7, 11) is 0. The molecule has 0 bridgehead atoms. The Bertz CT molecular complexity index is 841. The first kappa shape index (κ1) is 19.7. The standard InChI is InChI=1S/C19H23N3O6/c1-2-26-19(25)22-9-7-13(8-10-22)20-17(23)12-27-18(24)11-15-14-5-3-4-6-16(14)28-21-15/h3-6,13H,2,7-12H2,1H3,(H,20,23). The summed E-state index contributed by atoms with van der Waals surface area (Å²) in [5.74, 6) is -0.917. The number of likely N-dealkylation sites (tertiary alicyclic amines) is 1. The molecule has 150 valence electrons. The van der Waals surface area contributed by atoms with Crippen LogP contribution in [0.2, 0.25) is 0 Å². The normalized spacial score (nSPS) is 14.7. The summed E-state index contributed by atoms with van der Waals surface area (Å²) in [6.07, 6.45) is 0.858. The van der Waals surface area contributed by atoms with E-state index in [4.69, 9.17) is 14.0 Å². The molecule has 9 nitrogen and oxygen atoms in total. The van der Waals surface area contributed by atoms with Crippen LogP contribution in [0.3, 0.4) is 0 Å². The third-order valence-corrected chi connectivity index (χ3v) is 4.51. The molecule has 3 rings (SSSR count). The SMILES string of the molecule is CCOC(=O)N1CCC(NC(=O)COC(=O)Cc2noc3ccccc23)CC1. The Balaban J connectivity index is 1.39. The molecule has 0 unspecified atom stereocenters. The van der Waals surface area contributed by atoms with Crippen molar-refractivity contribution in [2.75, 3.05) is 26.3 Å². The predicted molar refractivity (Wildman–Crippen MR) is 98.4 cm³/mol. The Labute approximate surface area is 161 Å². The number of fused-ring (bicyclic) bond motifs is 1. The van der Waals surface area contributed by atoms with Gasteiger partial charge in [-0.25, -0.2) is 4.79 Å². The van der Waals surface area contributed by atoms with Crippen LogP contribution in [0.25, 0.3) is 11.0 Å². The van der Waals surface area contributed by atoms with Crippen LogP contribution in [0.4, 0.5) is 4.79 Å². The summed E-state index contributed by atoms with van der Waals surface area (Å²) in [6, 6.07) is 7.16. The van der Waals surface area contributed by atoms with Gasteiger partial charge in [0.05, 0.1) is 13.0 Å². The molecule has 2 heterocycles. The number of nitrogens with zero attached hydrogens (tertiary/aromatic N) is 2. The first-order valence-corrected chi connectivity index (χ1v) is 9.26. The zero-order valence-electron chi connectivity index (χ0n) is 15.7. The Morgan fingerprint density at radius 3 is 2.71 bits per heavy atom. The Morgan fingerprint density at radius 2 is 1.96 bits per heavy atom. The summed E-state index contributed by atoms with van der Waals surface area (Å²) in [5, 5.41) is 7.44. The van der Waals surface area contributed by atoms with Crippen molar-refractivity contribution >= 4 is 28.9 Å². The monoisotopic (exact) mass is 389 g/mol. The molecule has 0 saturated carbocycles. The third kappa shape index (κ3) is 4.99. The van der Waals surface area contributed by atoms with Gasteiger partial charge in [-0.2, -0.15) is 0 Å². The largest absolute Gasteiger partial charge is 0.455 e. The average molecular weight is 389 g/mol. The van der Waals surface area contributed by atoms with E-state index in [2.05, 4.69) is 10.5 Å². The van der Waals surface area contributed by atoms with Gasteiger partial charge in [0.15, 0.2) is 12.2 Å². The fourth-order valence-electron chi connectivity index (χ4n) is 3.09. The summed E-state index contributed by atoms with van der Waals surface area (Å²) in [6.45, 7) is 2.78.